The number of aryl methyl sites for hydroxylation is 3. The van der Waals surface area contributed by atoms with E-state index in [1.165, 1.54) is 0 Å². The quantitative estimate of drug-likeness (QED) is 0.556. The third-order valence-corrected chi connectivity index (χ3v) is 3.30. The fourth-order valence-electron chi connectivity index (χ4n) is 2.24. The van der Waals surface area contributed by atoms with Crippen LogP contribution in [0.2, 0.25) is 0 Å². The molecular weight excluding hydrogens is 266 g/mol. The van der Waals surface area contributed by atoms with Crippen molar-refractivity contribution >= 4 is 17.3 Å². The topological polar surface area (TPSA) is 99.0 Å². The van der Waals surface area contributed by atoms with E-state index in [1.54, 1.807) is 12.1 Å². The van der Waals surface area contributed by atoms with Crippen LogP contribution in [0.4, 0.5) is 11.4 Å². The van der Waals surface area contributed by atoms with Crippen molar-refractivity contribution in [1.82, 2.24) is 9.78 Å². The second-order valence-electron chi connectivity index (χ2n) is 5.10. The molecule has 0 aliphatic heterocycles. The minimum Gasteiger partial charge on any atom is -0.398 e. The number of hydrogen-bond donors (Lipinski definition) is 3. The number of nitrogens with two attached hydrogens (primary N) is 2. The van der Waals surface area contributed by atoms with Crippen molar-refractivity contribution in [3.05, 3.63) is 41.2 Å². The van der Waals surface area contributed by atoms with Gasteiger partial charge in [-0.1, -0.05) is 0 Å². The van der Waals surface area contributed by atoms with Crippen LogP contribution in [0.5, 0.6) is 0 Å². The first-order valence-corrected chi connectivity index (χ1v) is 6.91. The summed E-state index contributed by atoms with van der Waals surface area (Å²) < 4.78 is 1.99. The zero-order valence-corrected chi connectivity index (χ0v) is 12.4. The third kappa shape index (κ3) is 3.75. The number of amides is 1. The second-order valence-corrected chi connectivity index (χ2v) is 5.10. The van der Waals surface area contributed by atoms with E-state index in [-0.39, 0.29) is 0 Å². The van der Waals surface area contributed by atoms with E-state index in [0.29, 0.717) is 11.3 Å². The number of anilines is 2. The smallest absolute Gasteiger partial charge is 0.250 e. The number of rotatable bonds is 6. The summed E-state index contributed by atoms with van der Waals surface area (Å²) in [6.07, 6.45) is 0.929. The van der Waals surface area contributed by atoms with Crippen molar-refractivity contribution in [3.8, 4) is 0 Å². The summed E-state index contributed by atoms with van der Waals surface area (Å²) in [5.41, 5.74) is 14.8. The normalized spacial score (nSPS) is 10.6. The van der Waals surface area contributed by atoms with Gasteiger partial charge in [-0.05, 0) is 44.5 Å². The van der Waals surface area contributed by atoms with Crippen LogP contribution in [-0.4, -0.2) is 22.2 Å². The van der Waals surface area contributed by atoms with Gasteiger partial charge in [-0.2, -0.15) is 5.10 Å². The molecule has 0 unspecified atom stereocenters. The van der Waals surface area contributed by atoms with Crippen LogP contribution in [0.3, 0.4) is 0 Å². The van der Waals surface area contributed by atoms with Gasteiger partial charge in [-0.3, -0.25) is 9.48 Å². The highest BCUT2D eigenvalue weighted by atomic mass is 16.1. The Morgan fingerprint density at radius 2 is 2.10 bits per heavy atom. The fourth-order valence-corrected chi connectivity index (χ4v) is 2.24. The van der Waals surface area contributed by atoms with Crippen LogP contribution in [0.1, 0.15) is 28.2 Å². The molecule has 0 saturated heterocycles. The van der Waals surface area contributed by atoms with Gasteiger partial charge in [0.15, 0.2) is 0 Å². The third-order valence-electron chi connectivity index (χ3n) is 3.30. The molecular formula is C15H21N5O. The highest BCUT2D eigenvalue weighted by molar-refractivity contribution is 5.98. The average Bonchev–Trinajstić information content (AvgIpc) is 2.74. The number of carbonyl (C=O) groups is 1. The summed E-state index contributed by atoms with van der Waals surface area (Å²) in [7, 11) is 0. The molecule has 21 heavy (non-hydrogen) atoms. The van der Waals surface area contributed by atoms with Gasteiger partial charge < -0.3 is 16.8 Å². The molecule has 6 heteroatoms. The molecule has 0 bridgehead atoms. The minimum absolute atomic E-state index is 0.346. The number of hydrogen-bond acceptors (Lipinski definition) is 4. The van der Waals surface area contributed by atoms with Gasteiger partial charge in [0, 0.05) is 30.2 Å². The molecule has 6 nitrogen and oxygen atoms in total. The molecule has 0 fully saturated rings. The Hall–Kier alpha value is -2.50. The van der Waals surface area contributed by atoms with Gasteiger partial charge >= 0.3 is 0 Å². The molecule has 1 amide bonds. The van der Waals surface area contributed by atoms with Crippen LogP contribution in [0.15, 0.2) is 24.3 Å². The second kappa shape index (κ2) is 6.30. The first-order chi connectivity index (χ1) is 9.97. The van der Waals surface area contributed by atoms with Crippen molar-refractivity contribution in [3.63, 3.8) is 0 Å². The summed E-state index contributed by atoms with van der Waals surface area (Å²) in [4.78, 5) is 11.2. The van der Waals surface area contributed by atoms with Gasteiger partial charge in [-0.25, -0.2) is 0 Å². The molecule has 0 spiro atoms. The number of benzene rings is 1. The van der Waals surface area contributed by atoms with Gasteiger partial charge in [0.25, 0.3) is 5.91 Å². The lowest BCUT2D eigenvalue weighted by Crippen LogP contribution is -2.14. The van der Waals surface area contributed by atoms with E-state index in [9.17, 15) is 4.79 Å². The highest BCUT2D eigenvalue weighted by Gasteiger charge is 2.06. The maximum absolute atomic E-state index is 11.2. The Labute approximate surface area is 124 Å². The monoisotopic (exact) mass is 287 g/mol. The van der Waals surface area contributed by atoms with Crippen LogP contribution in [0.25, 0.3) is 0 Å². The predicted octanol–water partition coefficient (Wildman–Crippen LogP) is 1.68. The lowest BCUT2D eigenvalue weighted by Gasteiger charge is -2.09. The van der Waals surface area contributed by atoms with E-state index in [0.717, 1.165) is 36.6 Å². The lowest BCUT2D eigenvalue weighted by atomic mass is 10.1. The Balaban J connectivity index is 1.88. The van der Waals surface area contributed by atoms with Gasteiger partial charge in [0.05, 0.1) is 11.3 Å². The summed E-state index contributed by atoms with van der Waals surface area (Å²) in [5, 5.41) is 7.67. The first-order valence-electron chi connectivity index (χ1n) is 6.91. The Morgan fingerprint density at radius 3 is 2.71 bits per heavy atom. The van der Waals surface area contributed by atoms with E-state index >= 15 is 0 Å². The predicted molar refractivity (Wildman–Crippen MR) is 84.2 cm³/mol. The molecule has 1 aromatic carbocycles. The van der Waals surface area contributed by atoms with Crippen LogP contribution in [0, 0.1) is 13.8 Å². The number of nitrogens with one attached hydrogen (secondary N) is 1. The van der Waals surface area contributed by atoms with Gasteiger partial charge in [0.2, 0.25) is 0 Å². The molecule has 0 aliphatic rings. The summed E-state index contributed by atoms with van der Waals surface area (Å²) >= 11 is 0. The maximum Gasteiger partial charge on any atom is 0.250 e. The Bertz CT molecular complexity index is 648. The Kier molecular flexibility index (Phi) is 4.47. The van der Waals surface area contributed by atoms with Crippen molar-refractivity contribution in [2.24, 2.45) is 5.73 Å². The van der Waals surface area contributed by atoms with E-state index in [1.807, 2.05) is 24.6 Å². The molecule has 2 rings (SSSR count). The van der Waals surface area contributed by atoms with Crippen molar-refractivity contribution in [2.45, 2.75) is 26.8 Å². The van der Waals surface area contributed by atoms with Gasteiger partial charge in [-0.15, -0.1) is 0 Å². The molecule has 1 heterocycles. The summed E-state index contributed by atoms with van der Waals surface area (Å²) in [5.74, 6) is -0.515. The molecule has 0 atom stereocenters. The van der Waals surface area contributed by atoms with Crippen molar-refractivity contribution in [1.29, 1.82) is 0 Å². The molecule has 2 aromatic rings. The number of primary amides is 1. The van der Waals surface area contributed by atoms with Gasteiger partial charge in [0.1, 0.15) is 0 Å². The lowest BCUT2D eigenvalue weighted by molar-refractivity contribution is 0.100. The number of aromatic nitrogens is 2. The van der Waals surface area contributed by atoms with E-state index < -0.39 is 5.91 Å². The SMILES string of the molecule is Cc1cc(C)n(CCCNc2ccc(N)c(C(N)=O)c2)n1. The first kappa shape index (κ1) is 14.9. The van der Waals surface area contributed by atoms with Crippen LogP contribution in [-0.2, 0) is 6.54 Å². The number of carbonyl (C=O) groups excluding carboxylic acids is 1. The summed E-state index contributed by atoms with van der Waals surface area (Å²) in [6.45, 7) is 5.67. The minimum atomic E-state index is -0.515. The van der Waals surface area contributed by atoms with Crippen LogP contribution < -0.4 is 16.8 Å². The average molecular weight is 287 g/mol. The zero-order chi connectivity index (χ0) is 15.4. The van der Waals surface area contributed by atoms with Crippen molar-refractivity contribution in [2.75, 3.05) is 17.6 Å². The number of nitrogen functional groups attached to an aromatic ring is 1. The summed E-state index contributed by atoms with van der Waals surface area (Å²) in [6, 6.07) is 7.27. The fraction of sp³-hybridized carbons (Fsp3) is 0.333. The maximum atomic E-state index is 11.2. The number of nitrogens with zero attached hydrogens (tertiary/aromatic N) is 2. The van der Waals surface area contributed by atoms with E-state index in [4.69, 9.17) is 11.5 Å². The molecule has 5 N–H and O–H groups in total. The standard InChI is InChI=1S/C15H21N5O/c1-10-8-11(2)20(19-10)7-3-6-18-12-4-5-14(16)13(9-12)15(17)21/h4-5,8-9,18H,3,6-7,16H2,1-2H3,(H2,17,21). The largest absolute Gasteiger partial charge is 0.398 e. The molecule has 0 radical (unpaired) electrons. The Morgan fingerprint density at radius 1 is 1.33 bits per heavy atom. The van der Waals surface area contributed by atoms with Crippen molar-refractivity contribution < 1.29 is 4.79 Å². The van der Waals surface area contributed by atoms with Crippen LogP contribution >= 0.6 is 0 Å². The van der Waals surface area contributed by atoms with E-state index in [2.05, 4.69) is 16.5 Å². The molecule has 112 valence electrons. The zero-order valence-electron chi connectivity index (χ0n) is 12.4. The molecule has 1 aromatic heterocycles. The molecule has 0 aliphatic carbocycles. The molecule has 0 saturated carbocycles. The highest BCUT2D eigenvalue weighted by Crippen LogP contribution is 2.17.